The molecule has 2 N–H and O–H groups in total. The fourth-order valence-electron chi connectivity index (χ4n) is 1.48. The Hall–Kier alpha value is -2.99. The number of aliphatic hydroxyl groups is 1. The van der Waals surface area contributed by atoms with E-state index in [0.717, 1.165) is 0 Å². The molecule has 1 rings (SSSR count). The van der Waals surface area contributed by atoms with Gasteiger partial charge >= 0.3 is 0 Å². The maximum Gasteiger partial charge on any atom is 0.153 e. The monoisotopic (exact) mass is 314 g/mol. The quantitative estimate of drug-likeness (QED) is 0.254. The molecule has 0 aliphatic heterocycles. The highest BCUT2D eigenvalue weighted by atomic mass is 16.5. The van der Waals surface area contributed by atoms with E-state index in [4.69, 9.17) is 9.84 Å². The number of hydrogen-bond donors (Lipinski definition) is 2. The predicted molar refractivity (Wildman–Crippen MR) is 90.4 cm³/mol. The molecule has 0 aliphatic rings. The number of aliphatic hydroxyl groups excluding tert-OH is 1. The van der Waals surface area contributed by atoms with E-state index in [1.165, 1.54) is 30.6 Å². The first kappa shape index (κ1) is 18.1. The number of aldehydes is 1. The number of aromatic hydroxyl groups is 1. The number of phenols is 1. The van der Waals surface area contributed by atoms with E-state index >= 15 is 0 Å². The largest absolute Gasteiger partial charge is 0.509 e. The van der Waals surface area contributed by atoms with Gasteiger partial charge in [-0.2, -0.15) is 10.2 Å². The summed E-state index contributed by atoms with van der Waals surface area (Å²) in [7, 11) is 1.56. The molecular weight excluding hydrogens is 296 g/mol. The molecule has 0 bridgehead atoms. The third kappa shape index (κ3) is 7.01. The Kier molecular flexibility index (Phi) is 7.74. The Morgan fingerprint density at radius 3 is 2.78 bits per heavy atom. The highest BCUT2D eigenvalue weighted by Gasteiger charge is 1.99. The number of ether oxygens (including phenoxy) is 1. The smallest absolute Gasteiger partial charge is 0.153 e. The van der Waals surface area contributed by atoms with E-state index in [2.05, 4.69) is 16.8 Å². The SMILES string of the molecule is C=C(O)/C=C\C(C=NN=Cc1ccc(O)c(C=O)c1)=C/COC. The van der Waals surface area contributed by atoms with Crippen LogP contribution in [0.25, 0.3) is 0 Å². The first-order chi connectivity index (χ1) is 11.1. The van der Waals surface area contributed by atoms with Gasteiger partial charge in [0, 0.05) is 7.11 Å². The van der Waals surface area contributed by atoms with Crippen molar-refractivity contribution in [3.63, 3.8) is 0 Å². The molecule has 0 spiro atoms. The number of phenolic OH excluding ortho intramolecular Hbond substituents is 1. The standard InChI is InChI=1S/C17H18N2O4/c1-13(21)3-4-14(7-8-23-2)10-18-19-11-15-5-6-17(22)16(9-15)12-20/h3-7,9-12,21-22H,1,8H2,2H3/b4-3-,14-7+,18-10?,19-11?. The van der Waals surface area contributed by atoms with Crippen molar-refractivity contribution in [2.24, 2.45) is 10.2 Å². The van der Waals surface area contributed by atoms with Crippen molar-refractivity contribution in [1.82, 2.24) is 0 Å². The zero-order valence-corrected chi connectivity index (χ0v) is 12.7. The first-order valence-corrected chi connectivity index (χ1v) is 6.66. The molecule has 0 fully saturated rings. The summed E-state index contributed by atoms with van der Waals surface area (Å²) in [5.41, 5.74) is 1.49. The van der Waals surface area contributed by atoms with Crippen LogP contribution in [-0.2, 0) is 4.74 Å². The van der Waals surface area contributed by atoms with Gasteiger partial charge in [0.05, 0.1) is 24.6 Å². The molecule has 120 valence electrons. The topological polar surface area (TPSA) is 91.5 Å². The minimum atomic E-state index is -0.0835. The lowest BCUT2D eigenvalue weighted by atomic mass is 10.1. The number of carbonyl (C=O) groups excluding carboxylic acids is 1. The molecule has 0 radical (unpaired) electrons. The van der Waals surface area contributed by atoms with Crippen LogP contribution >= 0.6 is 0 Å². The Morgan fingerprint density at radius 1 is 1.35 bits per heavy atom. The predicted octanol–water partition coefficient (Wildman–Crippen LogP) is 2.81. The van der Waals surface area contributed by atoms with E-state index in [1.54, 1.807) is 25.3 Å². The lowest BCUT2D eigenvalue weighted by Crippen LogP contribution is -1.88. The second-order valence-electron chi connectivity index (χ2n) is 4.41. The fraction of sp³-hybridized carbons (Fsp3) is 0.118. The van der Waals surface area contributed by atoms with Gasteiger partial charge in [0.2, 0.25) is 0 Å². The van der Waals surface area contributed by atoms with Crippen molar-refractivity contribution in [2.75, 3.05) is 13.7 Å². The zero-order valence-electron chi connectivity index (χ0n) is 12.7. The second-order valence-corrected chi connectivity index (χ2v) is 4.41. The van der Waals surface area contributed by atoms with Crippen molar-refractivity contribution < 1.29 is 19.7 Å². The van der Waals surface area contributed by atoms with Gasteiger partial charge in [-0.25, -0.2) is 0 Å². The Morgan fingerprint density at radius 2 is 2.13 bits per heavy atom. The summed E-state index contributed by atoms with van der Waals surface area (Å²) >= 11 is 0. The van der Waals surface area contributed by atoms with E-state index in [-0.39, 0.29) is 17.1 Å². The molecule has 0 aromatic heterocycles. The third-order valence-corrected chi connectivity index (χ3v) is 2.61. The lowest BCUT2D eigenvalue weighted by Gasteiger charge is -1.97. The average Bonchev–Trinajstić information content (AvgIpc) is 2.54. The van der Waals surface area contributed by atoms with Crippen molar-refractivity contribution in [3.05, 3.63) is 65.5 Å². The summed E-state index contributed by atoms with van der Waals surface area (Å²) in [6.07, 6.45) is 8.29. The van der Waals surface area contributed by atoms with Crippen LogP contribution in [0.3, 0.4) is 0 Å². The van der Waals surface area contributed by atoms with Gasteiger partial charge in [-0.05, 0) is 41.5 Å². The average molecular weight is 314 g/mol. The van der Waals surface area contributed by atoms with Crippen LogP contribution in [0, 0.1) is 0 Å². The highest BCUT2D eigenvalue weighted by molar-refractivity contribution is 5.87. The number of allylic oxidation sites excluding steroid dienone is 3. The van der Waals surface area contributed by atoms with Crippen LogP contribution in [0.5, 0.6) is 5.75 Å². The van der Waals surface area contributed by atoms with E-state index in [0.29, 0.717) is 24.0 Å². The van der Waals surface area contributed by atoms with Gasteiger partial charge < -0.3 is 14.9 Å². The molecule has 0 saturated heterocycles. The molecule has 0 unspecified atom stereocenters. The lowest BCUT2D eigenvalue weighted by molar-refractivity contribution is 0.112. The van der Waals surface area contributed by atoms with Gasteiger partial charge in [0.1, 0.15) is 11.5 Å². The molecule has 6 heteroatoms. The van der Waals surface area contributed by atoms with Gasteiger partial charge in [-0.3, -0.25) is 4.79 Å². The summed E-state index contributed by atoms with van der Waals surface area (Å²) < 4.78 is 4.94. The van der Waals surface area contributed by atoms with Crippen molar-refractivity contribution in [1.29, 1.82) is 0 Å². The van der Waals surface area contributed by atoms with Crippen molar-refractivity contribution in [2.45, 2.75) is 0 Å². The summed E-state index contributed by atoms with van der Waals surface area (Å²) in [4.78, 5) is 10.7. The molecule has 1 aromatic rings. The summed E-state index contributed by atoms with van der Waals surface area (Å²) in [5, 5.41) is 26.2. The molecule has 0 heterocycles. The van der Waals surface area contributed by atoms with Crippen LogP contribution in [0.1, 0.15) is 15.9 Å². The maximum absolute atomic E-state index is 10.7. The fourth-order valence-corrected chi connectivity index (χ4v) is 1.48. The van der Waals surface area contributed by atoms with E-state index in [9.17, 15) is 9.90 Å². The Labute approximate surface area is 134 Å². The molecule has 23 heavy (non-hydrogen) atoms. The summed E-state index contributed by atoms with van der Waals surface area (Å²) in [5.74, 6) is -0.157. The number of rotatable bonds is 8. The Balaban J connectivity index is 2.81. The maximum atomic E-state index is 10.7. The molecular formula is C17H18N2O4. The Bertz CT molecular complexity index is 673. The van der Waals surface area contributed by atoms with Crippen LogP contribution < -0.4 is 0 Å². The first-order valence-electron chi connectivity index (χ1n) is 6.66. The molecule has 1 aromatic carbocycles. The van der Waals surface area contributed by atoms with Gasteiger partial charge in [-0.1, -0.05) is 12.7 Å². The van der Waals surface area contributed by atoms with Crippen molar-refractivity contribution >= 4 is 18.7 Å². The van der Waals surface area contributed by atoms with Crippen LogP contribution in [0.2, 0.25) is 0 Å². The van der Waals surface area contributed by atoms with Crippen molar-refractivity contribution in [3.8, 4) is 5.75 Å². The summed E-state index contributed by atoms with van der Waals surface area (Å²) in [6, 6.07) is 4.52. The molecule has 0 aliphatic carbocycles. The number of nitrogens with zero attached hydrogens (tertiary/aromatic N) is 2. The van der Waals surface area contributed by atoms with E-state index < -0.39 is 0 Å². The van der Waals surface area contributed by atoms with Gasteiger partial charge in [0.25, 0.3) is 0 Å². The van der Waals surface area contributed by atoms with Gasteiger partial charge in [0.15, 0.2) is 6.29 Å². The summed E-state index contributed by atoms with van der Waals surface area (Å²) in [6.45, 7) is 3.74. The molecule has 0 saturated carbocycles. The molecule has 0 atom stereocenters. The third-order valence-electron chi connectivity index (χ3n) is 2.61. The minimum Gasteiger partial charge on any atom is -0.509 e. The zero-order chi connectivity index (χ0) is 17.1. The van der Waals surface area contributed by atoms with Crippen LogP contribution in [0.15, 0.2) is 64.5 Å². The van der Waals surface area contributed by atoms with Crippen LogP contribution in [0.4, 0.5) is 0 Å². The number of hydrogen-bond acceptors (Lipinski definition) is 6. The van der Waals surface area contributed by atoms with Gasteiger partial charge in [-0.15, -0.1) is 0 Å². The number of methoxy groups -OCH3 is 1. The molecule has 0 amide bonds. The minimum absolute atomic E-state index is 0.0734. The van der Waals surface area contributed by atoms with E-state index in [1.807, 2.05) is 0 Å². The number of benzene rings is 1. The molecule has 6 nitrogen and oxygen atoms in total. The second kappa shape index (κ2) is 9.86. The van der Waals surface area contributed by atoms with Crippen LogP contribution in [-0.4, -0.2) is 42.6 Å². The highest BCUT2D eigenvalue weighted by Crippen LogP contribution is 2.15. The normalized spacial score (nSPS) is 12.5. The number of carbonyl (C=O) groups is 1.